The zero-order valence-corrected chi connectivity index (χ0v) is 23.7. The van der Waals surface area contributed by atoms with Crippen LogP contribution in [0.15, 0.2) is 80.7 Å². The topological polar surface area (TPSA) is 128 Å². The smallest absolute Gasteiger partial charge is 0.306 e. The quantitative estimate of drug-likeness (QED) is 0.233. The third kappa shape index (κ3) is 5.21. The first-order chi connectivity index (χ1) is 20.1. The van der Waals surface area contributed by atoms with Crippen molar-refractivity contribution in [2.24, 2.45) is 5.92 Å². The second kappa shape index (κ2) is 11.4. The molecule has 0 aliphatic carbocycles. The number of carbonyl (C=O) groups is 1. The van der Waals surface area contributed by atoms with Crippen molar-refractivity contribution in [2.75, 3.05) is 14.2 Å². The summed E-state index contributed by atoms with van der Waals surface area (Å²) in [5.74, 6) is -1.81. The first-order valence-electron chi connectivity index (χ1n) is 13.5. The van der Waals surface area contributed by atoms with Crippen LogP contribution in [0, 0.1) is 5.92 Å². The van der Waals surface area contributed by atoms with E-state index in [9.17, 15) is 24.6 Å². The number of rotatable bonds is 8. The van der Waals surface area contributed by atoms with Crippen LogP contribution in [0.3, 0.4) is 0 Å². The van der Waals surface area contributed by atoms with E-state index in [1.807, 2.05) is 19.9 Å². The van der Waals surface area contributed by atoms with Gasteiger partial charge in [-0.3, -0.25) is 14.4 Å². The summed E-state index contributed by atoms with van der Waals surface area (Å²) in [6.45, 7) is 4.36. The van der Waals surface area contributed by atoms with Gasteiger partial charge in [0.25, 0.3) is 5.56 Å². The minimum Gasteiger partial charge on any atom is -0.507 e. The molecule has 0 spiro atoms. The summed E-state index contributed by atoms with van der Waals surface area (Å²) in [6.07, 6.45) is -0.352. The molecular weight excluding hydrogens is 538 g/mol. The maximum atomic E-state index is 14.2. The molecule has 3 aromatic carbocycles. The molecule has 2 N–H and O–H groups in total. The predicted octanol–water partition coefficient (Wildman–Crippen LogP) is 5.55. The standard InChI is InChI=1S/C33H31NO8/c1-18(2)17-34-24-11-10-21(40-3)12-20(24)13-23(33(34)39)22(14-29(38)41-4)30-25(35)15-26(36)31-27(37)16-28(42-32(30)31)19-8-6-5-7-9-19/h5-13,15-16,18,22,35-36H,14,17H2,1-4H3/t22-/m1/s1. The van der Waals surface area contributed by atoms with Crippen molar-refractivity contribution in [1.29, 1.82) is 0 Å². The number of aromatic nitrogens is 1. The first-order valence-corrected chi connectivity index (χ1v) is 13.5. The number of aromatic hydroxyl groups is 2. The molecule has 9 nitrogen and oxygen atoms in total. The monoisotopic (exact) mass is 569 g/mol. The molecule has 0 aliphatic heterocycles. The Morgan fingerprint density at radius 3 is 2.36 bits per heavy atom. The molecule has 0 saturated heterocycles. The number of methoxy groups -OCH3 is 2. The molecule has 5 rings (SSSR count). The van der Waals surface area contributed by atoms with Crippen molar-refractivity contribution < 1.29 is 28.9 Å². The summed E-state index contributed by atoms with van der Waals surface area (Å²) < 4.78 is 18.2. The third-order valence-electron chi connectivity index (χ3n) is 7.25. The van der Waals surface area contributed by atoms with Crippen LogP contribution >= 0.6 is 0 Å². The number of phenols is 2. The van der Waals surface area contributed by atoms with Crippen LogP contribution in [0.2, 0.25) is 0 Å². The summed E-state index contributed by atoms with van der Waals surface area (Å²) in [4.78, 5) is 40.3. The number of hydrogen-bond acceptors (Lipinski definition) is 8. The van der Waals surface area contributed by atoms with Crippen molar-refractivity contribution >= 4 is 27.8 Å². The second-order valence-corrected chi connectivity index (χ2v) is 10.5. The summed E-state index contributed by atoms with van der Waals surface area (Å²) in [5.41, 5.74) is 0.395. The Morgan fingerprint density at radius 2 is 1.69 bits per heavy atom. The van der Waals surface area contributed by atoms with Gasteiger partial charge in [0.05, 0.1) is 26.2 Å². The van der Waals surface area contributed by atoms with E-state index in [0.29, 0.717) is 28.8 Å². The molecule has 0 unspecified atom stereocenters. The largest absolute Gasteiger partial charge is 0.507 e. The van der Waals surface area contributed by atoms with E-state index in [4.69, 9.17) is 13.9 Å². The van der Waals surface area contributed by atoms with Crippen LogP contribution in [0.1, 0.15) is 37.3 Å². The first kappa shape index (κ1) is 28.5. The zero-order valence-electron chi connectivity index (χ0n) is 23.7. The van der Waals surface area contributed by atoms with Crippen molar-refractivity contribution in [3.05, 3.63) is 98.4 Å². The molecule has 5 aromatic rings. The molecule has 2 heterocycles. The molecule has 0 aliphatic rings. The van der Waals surface area contributed by atoms with Crippen LogP contribution in [0.5, 0.6) is 17.2 Å². The van der Waals surface area contributed by atoms with E-state index >= 15 is 0 Å². The lowest BCUT2D eigenvalue weighted by Crippen LogP contribution is -2.29. The summed E-state index contributed by atoms with van der Waals surface area (Å²) in [7, 11) is 2.77. The average Bonchev–Trinajstić information content (AvgIpc) is 2.97. The predicted molar refractivity (Wildman–Crippen MR) is 159 cm³/mol. The Hall–Kier alpha value is -5.05. The number of nitrogens with zero attached hydrogens (tertiary/aromatic N) is 1. The van der Waals surface area contributed by atoms with Crippen LogP contribution in [0.25, 0.3) is 33.2 Å². The minimum atomic E-state index is -1.10. The molecule has 0 fully saturated rings. The highest BCUT2D eigenvalue weighted by molar-refractivity contribution is 5.91. The van der Waals surface area contributed by atoms with Crippen molar-refractivity contribution in [1.82, 2.24) is 4.57 Å². The molecule has 0 bridgehead atoms. The molecule has 0 saturated carbocycles. The Labute approximate surface area is 241 Å². The van der Waals surface area contributed by atoms with Gasteiger partial charge < -0.3 is 28.7 Å². The van der Waals surface area contributed by atoms with Gasteiger partial charge in [-0.05, 0) is 30.2 Å². The zero-order chi connectivity index (χ0) is 30.1. The number of fused-ring (bicyclic) bond motifs is 2. The molecule has 0 amide bonds. The van der Waals surface area contributed by atoms with Crippen molar-refractivity contribution in [2.45, 2.75) is 32.7 Å². The number of phenolic OH excluding ortho intramolecular Hbond substituents is 2. The Balaban J connectivity index is 1.89. The maximum absolute atomic E-state index is 14.2. The van der Waals surface area contributed by atoms with Gasteiger partial charge in [0.2, 0.25) is 0 Å². The number of hydrogen-bond donors (Lipinski definition) is 2. The Kier molecular flexibility index (Phi) is 7.76. The van der Waals surface area contributed by atoms with Gasteiger partial charge in [-0.15, -0.1) is 0 Å². The number of pyridine rings is 1. The van der Waals surface area contributed by atoms with Crippen LogP contribution in [0.4, 0.5) is 0 Å². The van der Waals surface area contributed by atoms with Crippen molar-refractivity contribution in [3.8, 4) is 28.6 Å². The van der Waals surface area contributed by atoms with Gasteiger partial charge in [-0.1, -0.05) is 44.2 Å². The fraction of sp³-hybridized carbons (Fsp3) is 0.242. The maximum Gasteiger partial charge on any atom is 0.306 e. The number of esters is 1. The number of benzene rings is 3. The SMILES string of the molecule is COC(=O)C[C@H](c1cc2cc(OC)ccc2n(CC(C)C)c1=O)c1c(O)cc(O)c2c(=O)cc(-c3ccccc3)oc12. The van der Waals surface area contributed by atoms with Gasteiger partial charge in [0.1, 0.15) is 34.0 Å². The van der Waals surface area contributed by atoms with E-state index in [-0.39, 0.29) is 45.8 Å². The Bertz CT molecular complexity index is 1920. The average molecular weight is 570 g/mol. The van der Waals surface area contributed by atoms with Gasteiger partial charge >= 0.3 is 5.97 Å². The van der Waals surface area contributed by atoms with E-state index in [2.05, 4.69) is 0 Å². The molecule has 216 valence electrons. The summed E-state index contributed by atoms with van der Waals surface area (Å²) >= 11 is 0. The Morgan fingerprint density at radius 1 is 0.952 bits per heavy atom. The third-order valence-corrected chi connectivity index (χ3v) is 7.25. The van der Waals surface area contributed by atoms with Gasteiger partial charge in [-0.25, -0.2) is 0 Å². The lowest BCUT2D eigenvalue weighted by atomic mass is 9.86. The highest BCUT2D eigenvalue weighted by atomic mass is 16.5. The van der Waals surface area contributed by atoms with E-state index in [1.54, 1.807) is 60.2 Å². The molecule has 42 heavy (non-hydrogen) atoms. The minimum absolute atomic E-state index is 0.0125. The fourth-order valence-electron chi connectivity index (χ4n) is 5.33. The van der Waals surface area contributed by atoms with Crippen molar-refractivity contribution in [3.63, 3.8) is 0 Å². The number of ether oxygens (including phenoxy) is 2. The highest BCUT2D eigenvalue weighted by Gasteiger charge is 2.31. The normalized spacial score (nSPS) is 12.1. The molecule has 1 atom stereocenters. The van der Waals surface area contributed by atoms with E-state index in [0.717, 1.165) is 6.07 Å². The van der Waals surface area contributed by atoms with E-state index in [1.165, 1.54) is 13.2 Å². The van der Waals surface area contributed by atoms with Gasteiger partial charge in [0, 0.05) is 46.7 Å². The lowest BCUT2D eigenvalue weighted by Gasteiger charge is -2.22. The summed E-state index contributed by atoms with van der Waals surface area (Å²) in [6, 6.07) is 18.2. The van der Waals surface area contributed by atoms with Crippen LogP contribution < -0.4 is 15.7 Å². The van der Waals surface area contributed by atoms with E-state index < -0.39 is 28.8 Å². The van der Waals surface area contributed by atoms with Crippen LogP contribution in [-0.4, -0.2) is 35.0 Å². The van der Waals surface area contributed by atoms with Gasteiger partial charge in [0.15, 0.2) is 5.43 Å². The second-order valence-electron chi connectivity index (χ2n) is 10.5. The number of carbonyl (C=O) groups excluding carboxylic acids is 1. The summed E-state index contributed by atoms with van der Waals surface area (Å²) in [5, 5.41) is 22.5. The highest BCUT2D eigenvalue weighted by Crippen LogP contribution is 2.43. The lowest BCUT2D eigenvalue weighted by molar-refractivity contribution is -0.140. The molecule has 2 aromatic heterocycles. The molecular formula is C33H31NO8. The molecule has 0 radical (unpaired) electrons. The fourth-order valence-corrected chi connectivity index (χ4v) is 5.33. The van der Waals surface area contributed by atoms with Crippen LogP contribution in [-0.2, 0) is 16.1 Å². The molecule has 9 heteroatoms. The van der Waals surface area contributed by atoms with Gasteiger partial charge in [-0.2, -0.15) is 0 Å².